The van der Waals surface area contributed by atoms with Crippen LogP contribution in [-0.4, -0.2) is 53.8 Å². The number of carbonyl (C=O) groups is 3. The van der Waals surface area contributed by atoms with Crippen LogP contribution in [0.25, 0.3) is 28.2 Å². The zero-order valence-corrected chi connectivity index (χ0v) is 27.8. The van der Waals surface area contributed by atoms with E-state index < -0.39 is 11.5 Å². The minimum Gasteiger partial charge on any atom is -0.497 e. The van der Waals surface area contributed by atoms with Crippen molar-refractivity contribution in [3.63, 3.8) is 0 Å². The van der Waals surface area contributed by atoms with Gasteiger partial charge in [0.25, 0.3) is 5.91 Å². The molecule has 1 aromatic heterocycles. The normalized spacial score (nSPS) is 16.9. The molecular weight excluding hydrogens is 622 g/mol. The first kappa shape index (κ1) is 32.3. The van der Waals surface area contributed by atoms with Crippen molar-refractivity contribution in [2.75, 3.05) is 26.1 Å². The molecule has 2 amide bonds. The maximum Gasteiger partial charge on any atom is 0.328 e. The third-order valence-electron chi connectivity index (χ3n) is 10.3. The quantitative estimate of drug-likeness (QED) is 0.162. The SMILES string of the molecule is COc1ccc2c(c1)OCCn1c-2c(C2CCCCC2)c2ccc(C(=O)NC3(C(=O)Nc4ccc(C=CC(=O)O)c(OC)c4)CCC3)cc21. The zero-order valence-electron chi connectivity index (χ0n) is 27.8. The Morgan fingerprint density at radius 1 is 0.959 bits per heavy atom. The summed E-state index contributed by atoms with van der Waals surface area (Å²) in [6.45, 7) is 1.13. The van der Waals surface area contributed by atoms with Gasteiger partial charge < -0.3 is 34.5 Å². The van der Waals surface area contributed by atoms with E-state index in [4.69, 9.17) is 19.3 Å². The minimum absolute atomic E-state index is 0.298. The Hall–Kier alpha value is -5.25. The molecule has 1 aliphatic heterocycles. The number of fused-ring (bicyclic) bond motifs is 5. The summed E-state index contributed by atoms with van der Waals surface area (Å²) in [4.78, 5) is 38.6. The van der Waals surface area contributed by atoms with Gasteiger partial charge >= 0.3 is 5.97 Å². The number of rotatable bonds is 9. The van der Waals surface area contributed by atoms with Gasteiger partial charge in [-0.1, -0.05) is 25.3 Å². The number of carboxylic acids is 1. The lowest BCUT2D eigenvalue weighted by Crippen LogP contribution is -2.61. The topological polar surface area (TPSA) is 128 Å². The van der Waals surface area contributed by atoms with Gasteiger partial charge in [-0.15, -0.1) is 0 Å². The number of ether oxygens (including phenoxy) is 3. The molecular formula is C39H41N3O7. The van der Waals surface area contributed by atoms with Crippen LogP contribution in [0.5, 0.6) is 17.2 Å². The number of aliphatic carboxylic acids is 1. The van der Waals surface area contributed by atoms with Gasteiger partial charge in [-0.25, -0.2) is 4.79 Å². The predicted molar refractivity (Wildman–Crippen MR) is 188 cm³/mol. The summed E-state index contributed by atoms with van der Waals surface area (Å²) in [5.74, 6) is 0.720. The molecule has 10 nitrogen and oxygen atoms in total. The van der Waals surface area contributed by atoms with Gasteiger partial charge in [0.1, 0.15) is 29.4 Å². The molecule has 2 heterocycles. The number of anilines is 1. The molecule has 0 bridgehead atoms. The highest BCUT2D eigenvalue weighted by Gasteiger charge is 2.45. The van der Waals surface area contributed by atoms with Gasteiger partial charge in [-0.2, -0.15) is 0 Å². The fourth-order valence-corrected chi connectivity index (χ4v) is 7.60. The van der Waals surface area contributed by atoms with Crippen LogP contribution in [0, 0.1) is 0 Å². The summed E-state index contributed by atoms with van der Waals surface area (Å²) < 4.78 is 19.5. The Morgan fingerprint density at radius 2 is 1.78 bits per heavy atom. The van der Waals surface area contributed by atoms with Crippen molar-refractivity contribution in [3.8, 4) is 28.5 Å². The Labute approximate surface area is 285 Å². The number of hydrogen-bond acceptors (Lipinski definition) is 6. The van der Waals surface area contributed by atoms with Crippen molar-refractivity contribution in [1.29, 1.82) is 0 Å². The number of amides is 2. The fourth-order valence-electron chi connectivity index (χ4n) is 7.60. The molecule has 0 spiro atoms. The lowest BCUT2D eigenvalue weighted by molar-refractivity contribution is -0.131. The summed E-state index contributed by atoms with van der Waals surface area (Å²) in [5, 5.41) is 16.2. The number of nitrogens with zero attached hydrogens (tertiary/aromatic N) is 1. The third kappa shape index (κ3) is 6.11. The summed E-state index contributed by atoms with van der Waals surface area (Å²) >= 11 is 0. The molecule has 2 fully saturated rings. The molecule has 2 aliphatic carbocycles. The summed E-state index contributed by atoms with van der Waals surface area (Å²) in [6.07, 6.45) is 10.2. The van der Waals surface area contributed by atoms with Crippen molar-refractivity contribution in [2.45, 2.75) is 69.4 Å². The Morgan fingerprint density at radius 3 is 2.49 bits per heavy atom. The molecule has 3 N–H and O–H groups in total. The third-order valence-corrected chi connectivity index (χ3v) is 10.3. The Kier molecular flexibility index (Phi) is 8.79. The number of hydrogen-bond donors (Lipinski definition) is 3. The average Bonchev–Trinajstić information content (AvgIpc) is 3.30. The smallest absolute Gasteiger partial charge is 0.328 e. The zero-order chi connectivity index (χ0) is 34.1. The summed E-state index contributed by atoms with van der Waals surface area (Å²) in [7, 11) is 3.14. The molecule has 3 aromatic carbocycles. The van der Waals surface area contributed by atoms with E-state index in [0.29, 0.717) is 54.5 Å². The lowest BCUT2D eigenvalue weighted by atomic mass is 9.75. The number of nitrogens with one attached hydrogen (secondary N) is 2. The van der Waals surface area contributed by atoms with Crippen molar-refractivity contribution in [3.05, 3.63) is 77.4 Å². The van der Waals surface area contributed by atoms with Gasteiger partial charge in [0.2, 0.25) is 5.91 Å². The van der Waals surface area contributed by atoms with Crippen LogP contribution in [0.2, 0.25) is 0 Å². The first-order chi connectivity index (χ1) is 23.8. The van der Waals surface area contributed by atoms with Crippen molar-refractivity contribution in [1.82, 2.24) is 9.88 Å². The predicted octanol–water partition coefficient (Wildman–Crippen LogP) is 7.15. The van der Waals surface area contributed by atoms with Crippen LogP contribution < -0.4 is 24.8 Å². The van der Waals surface area contributed by atoms with Gasteiger partial charge in [-0.05, 0) is 86.1 Å². The van der Waals surface area contributed by atoms with E-state index >= 15 is 0 Å². The Bertz CT molecular complexity index is 1970. The summed E-state index contributed by atoms with van der Waals surface area (Å²) in [5.41, 5.74) is 5.02. The molecule has 3 aliphatic rings. The molecule has 49 heavy (non-hydrogen) atoms. The highest BCUT2D eigenvalue weighted by molar-refractivity contribution is 6.06. The second-order valence-electron chi connectivity index (χ2n) is 13.2. The van der Waals surface area contributed by atoms with E-state index in [1.807, 2.05) is 24.3 Å². The minimum atomic E-state index is -1.07. The molecule has 7 rings (SSSR count). The van der Waals surface area contributed by atoms with E-state index in [0.717, 1.165) is 59.0 Å². The molecule has 2 saturated carbocycles. The molecule has 4 aromatic rings. The number of carboxylic acid groups (broad SMARTS) is 1. The molecule has 10 heteroatoms. The number of methoxy groups -OCH3 is 2. The Balaban J connectivity index is 1.19. The molecule has 0 atom stereocenters. The number of carbonyl (C=O) groups excluding carboxylic acids is 2. The fraction of sp³-hybridized carbons (Fsp3) is 0.359. The second kappa shape index (κ2) is 13.3. The average molecular weight is 664 g/mol. The first-order valence-corrected chi connectivity index (χ1v) is 17.0. The van der Waals surface area contributed by atoms with Crippen LogP contribution in [0.1, 0.15) is 78.8 Å². The molecule has 0 radical (unpaired) electrons. The number of benzene rings is 3. The van der Waals surface area contributed by atoms with Gasteiger partial charge in [-0.3, -0.25) is 9.59 Å². The highest BCUT2D eigenvalue weighted by Crippen LogP contribution is 2.48. The van der Waals surface area contributed by atoms with E-state index in [1.54, 1.807) is 25.3 Å². The maximum atomic E-state index is 13.9. The van der Waals surface area contributed by atoms with E-state index in [-0.39, 0.29) is 11.8 Å². The second-order valence-corrected chi connectivity index (χ2v) is 13.2. The number of aromatic nitrogens is 1. The van der Waals surface area contributed by atoms with Gasteiger partial charge in [0.15, 0.2) is 0 Å². The van der Waals surface area contributed by atoms with Crippen LogP contribution in [-0.2, 0) is 16.1 Å². The van der Waals surface area contributed by atoms with Crippen LogP contribution >= 0.6 is 0 Å². The van der Waals surface area contributed by atoms with Gasteiger partial charge in [0.05, 0.1) is 26.5 Å². The van der Waals surface area contributed by atoms with Crippen molar-refractivity contribution in [2.24, 2.45) is 0 Å². The van der Waals surface area contributed by atoms with Crippen molar-refractivity contribution < 1.29 is 33.7 Å². The molecule has 0 unspecified atom stereocenters. The largest absolute Gasteiger partial charge is 0.497 e. The van der Waals surface area contributed by atoms with Gasteiger partial charge in [0, 0.05) is 51.5 Å². The lowest BCUT2D eigenvalue weighted by Gasteiger charge is -2.40. The molecule has 254 valence electrons. The van der Waals surface area contributed by atoms with Crippen LogP contribution in [0.3, 0.4) is 0 Å². The first-order valence-electron chi connectivity index (χ1n) is 17.0. The standard InChI is InChI=1S/C39H41N3O7/c1-47-28-13-15-30-33(23-28)49-20-19-42-31-21-26(10-14-29(31)35(36(30)42)25-7-4-3-5-8-25)37(45)41-39(17-6-18-39)38(46)40-27-12-9-24(11-16-34(43)44)32(22-27)48-2/h9-16,21-23,25H,3-8,17-20H2,1-2H3,(H,40,46)(H,41,45)(H,43,44). The van der Waals surface area contributed by atoms with E-state index in [1.165, 1.54) is 38.0 Å². The van der Waals surface area contributed by atoms with Crippen LogP contribution in [0.4, 0.5) is 5.69 Å². The van der Waals surface area contributed by atoms with Crippen LogP contribution in [0.15, 0.2) is 60.7 Å². The molecule has 0 saturated heterocycles. The summed E-state index contributed by atoms with van der Waals surface area (Å²) in [6, 6.07) is 16.9. The van der Waals surface area contributed by atoms with E-state index in [2.05, 4.69) is 27.3 Å². The highest BCUT2D eigenvalue weighted by atomic mass is 16.5. The monoisotopic (exact) mass is 663 g/mol. The van der Waals surface area contributed by atoms with E-state index in [9.17, 15) is 14.4 Å². The van der Waals surface area contributed by atoms with Crippen molar-refractivity contribution >= 4 is 40.4 Å². The maximum absolute atomic E-state index is 13.9.